The molecule has 0 saturated carbocycles. The molecule has 0 bridgehead atoms. The fourth-order valence-electron chi connectivity index (χ4n) is 1.80. The summed E-state index contributed by atoms with van der Waals surface area (Å²) in [5.74, 6) is 0. The van der Waals surface area contributed by atoms with Gasteiger partial charge in [0.05, 0.1) is 0 Å². The topological polar surface area (TPSA) is 0 Å². The first kappa shape index (κ1) is 17.9. The summed E-state index contributed by atoms with van der Waals surface area (Å²) in [6.07, 6.45) is 2.79. The molecule has 13 heavy (non-hydrogen) atoms. The number of hydrogen-bond acceptors (Lipinski definition) is 0. The van der Waals surface area contributed by atoms with Crippen molar-refractivity contribution in [3.05, 3.63) is 0 Å². The molecule has 0 rings (SSSR count). The van der Waals surface area contributed by atoms with Crippen LogP contribution in [-0.2, 0) is 0 Å². The van der Waals surface area contributed by atoms with Crippen molar-refractivity contribution >= 4 is 73.5 Å². The minimum absolute atomic E-state index is 0. The first-order valence-corrected chi connectivity index (χ1v) is 6.21. The molecule has 2 heteroatoms. The van der Waals surface area contributed by atoms with Gasteiger partial charge in [0.2, 0.25) is 0 Å². The molecule has 0 heterocycles. The Kier molecular flexibility index (Phi) is 9.59. The van der Waals surface area contributed by atoms with Crippen LogP contribution in [0.5, 0.6) is 0 Å². The SMILES string of the molecule is CC(C)(C)C[CH]([Ca])CC(C)(C)C.[Ca]. The van der Waals surface area contributed by atoms with Gasteiger partial charge in [-0.1, -0.05) is 0 Å². The van der Waals surface area contributed by atoms with Crippen molar-refractivity contribution in [2.75, 3.05) is 0 Å². The second-order valence-corrected chi connectivity index (χ2v) is 8.20. The van der Waals surface area contributed by atoms with E-state index in [1.807, 2.05) is 0 Å². The van der Waals surface area contributed by atoms with Gasteiger partial charge in [0.25, 0.3) is 0 Å². The first-order valence-electron chi connectivity index (χ1n) is 4.93. The van der Waals surface area contributed by atoms with Gasteiger partial charge in [-0.15, -0.1) is 0 Å². The van der Waals surface area contributed by atoms with Crippen molar-refractivity contribution in [3.8, 4) is 0 Å². The Hall–Kier alpha value is 2.52. The molecule has 0 amide bonds. The number of hydrogen-bond donors (Lipinski definition) is 0. The third-order valence-corrected chi connectivity index (χ3v) is 2.70. The Labute approximate surface area is 138 Å². The van der Waals surface area contributed by atoms with Crippen molar-refractivity contribution in [2.45, 2.75) is 56.4 Å². The third kappa shape index (κ3) is 14.5. The quantitative estimate of drug-likeness (QED) is 0.643. The summed E-state index contributed by atoms with van der Waals surface area (Å²) in [5, 5.41) is 0. The van der Waals surface area contributed by atoms with E-state index in [9.17, 15) is 0 Å². The smallest absolute Gasteiger partial charge is 0 e. The maximum absolute atomic E-state index is 2.35. The predicted molar refractivity (Wildman–Crippen MR) is 63.4 cm³/mol. The second kappa shape index (κ2) is 6.97. The van der Waals surface area contributed by atoms with E-state index in [2.05, 4.69) is 41.5 Å². The van der Waals surface area contributed by atoms with Crippen LogP contribution in [0.4, 0.5) is 0 Å². The molecular formula is C11H23Ca2. The van der Waals surface area contributed by atoms with Gasteiger partial charge in [0.15, 0.2) is 0 Å². The molecule has 71 valence electrons. The summed E-state index contributed by atoms with van der Waals surface area (Å²) in [7, 11) is 0. The van der Waals surface area contributed by atoms with Crippen LogP contribution in [0.3, 0.4) is 0 Å². The van der Waals surface area contributed by atoms with Crippen LogP contribution >= 0.6 is 0 Å². The van der Waals surface area contributed by atoms with Gasteiger partial charge >= 0.3 is 103 Å². The Morgan fingerprint density at radius 1 is 0.846 bits per heavy atom. The van der Waals surface area contributed by atoms with E-state index in [0.717, 1.165) is 2.01 Å². The maximum Gasteiger partial charge on any atom is 0 e. The van der Waals surface area contributed by atoms with Gasteiger partial charge in [-0.2, -0.15) is 0 Å². The summed E-state index contributed by atoms with van der Waals surface area (Å²) in [4.78, 5) is 0. The maximum atomic E-state index is 2.35. The van der Waals surface area contributed by atoms with Crippen LogP contribution in [0.15, 0.2) is 0 Å². The zero-order valence-corrected chi connectivity index (χ0v) is 14.8. The van der Waals surface area contributed by atoms with E-state index in [4.69, 9.17) is 0 Å². The molecule has 0 aliphatic heterocycles. The van der Waals surface area contributed by atoms with Gasteiger partial charge in [-0.05, 0) is 0 Å². The van der Waals surface area contributed by atoms with E-state index in [0.29, 0.717) is 10.8 Å². The van der Waals surface area contributed by atoms with Crippen molar-refractivity contribution in [1.82, 2.24) is 0 Å². The second-order valence-electron chi connectivity index (χ2n) is 6.40. The van der Waals surface area contributed by atoms with Gasteiger partial charge in [-0.3, -0.25) is 0 Å². The Morgan fingerprint density at radius 2 is 1.08 bits per heavy atom. The van der Waals surface area contributed by atoms with Crippen LogP contribution in [0.25, 0.3) is 0 Å². The fraction of sp³-hybridized carbons (Fsp3) is 1.00. The molecule has 0 N–H and O–H groups in total. The largest absolute Gasteiger partial charge is 0 e. The normalized spacial score (nSPS) is 12.8. The van der Waals surface area contributed by atoms with Crippen molar-refractivity contribution < 1.29 is 0 Å². The molecule has 0 aromatic rings. The van der Waals surface area contributed by atoms with Crippen LogP contribution in [0.2, 0.25) is 2.01 Å². The Morgan fingerprint density at radius 3 is 1.23 bits per heavy atom. The summed E-state index contributed by atoms with van der Waals surface area (Å²) in [6, 6.07) is 0. The van der Waals surface area contributed by atoms with E-state index < -0.39 is 0 Å². The molecule has 0 atom stereocenters. The molecule has 0 nitrogen and oxygen atoms in total. The Balaban J connectivity index is 0. The zero-order chi connectivity index (χ0) is 9.99. The van der Waals surface area contributed by atoms with E-state index in [1.54, 1.807) is 0 Å². The molecule has 0 aliphatic rings. The van der Waals surface area contributed by atoms with Crippen LogP contribution < -0.4 is 0 Å². The summed E-state index contributed by atoms with van der Waals surface area (Å²) >= 11 is 1.45. The Bertz CT molecular complexity index is 112. The molecule has 0 aliphatic carbocycles. The van der Waals surface area contributed by atoms with Crippen LogP contribution in [0, 0.1) is 10.8 Å². The van der Waals surface area contributed by atoms with Crippen molar-refractivity contribution in [1.29, 1.82) is 0 Å². The summed E-state index contributed by atoms with van der Waals surface area (Å²) in [6.45, 7) is 14.1. The van der Waals surface area contributed by atoms with Crippen molar-refractivity contribution in [3.63, 3.8) is 0 Å². The third-order valence-electron chi connectivity index (χ3n) is 1.80. The summed E-state index contributed by atoms with van der Waals surface area (Å²) in [5.41, 5.74) is 1.04. The standard InChI is InChI=1S/C11H23.2Ca/c1-10(2,3)8-7-9-11(4,5)6;;/h7H,8-9H2,1-6H3;;. The van der Waals surface area contributed by atoms with Gasteiger partial charge in [-0.25, -0.2) is 0 Å². The number of rotatable bonds is 2. The van der Waals surface area contributed by atoms with E-state index >= 15 is 0 Å². The molecule has 3 radical (unpaired) electrons. The van der Waals surface area contributed by atoms with Gasteiger partial charge < -0.3 is 0 Å². The monoisotopic (exact) mass is 235 g/mol. The minimum Gasteiger partial charge on any atom is 0 e. The average Bonchev–Trinajstić information content (AvgIpc) is 1.49. The van der Waals surface area contributed by atoms with Crippen LogP contribution in [0.1, 0.15) is 54.4 Å². The molecule has 0 fully saturated rings. The predicted octanol–water partition coefficient (Wildman–Crippen LogP) is 3.44. The molecular weight excluding hydrogens is 212 g/mol. The van der Waals surface area contributed by atoms with Crippen molar-refractivity contribution in [2.24, 2.45) is 10.8 Å². The zero-order valence-electron chi connectivity index (χ0n) is 10.4. The first-order chi connectivity index (χ1) is 5.10. The average molecular weight is 235 g/mol. The van der Waals surface area contributed by atoms with E-state index in [1.165, 1.54) is 48.6 Å². The molecule has 0 spiro atoms. The molecule has 0 unspecified atom stereocenters. The minimum atomic E-state index is 0. The van der Waals surface area contributed by atoms with Gasteiger partial charge in [0.1, 0.15) is 0 Å². The molecule has 0 aromatic heterocycles. The van der Waals surface area contributed by atoms with E-state index in [-0.39, 0.29) is 37.7 Å². The molecule has 0 aromatic carbocycles. The summed E-state index contributed by atoms with van der Waals surface area (Å²) < 4.78 is 0.977. The van der Waals surface area contributed by atoms with Gasteiger partial charge in [0, 0.05) is 37.7 Å². The fourth-order valence-corrected chi connectivity index (χ4v) is 4.51. The van der Waals surface area contributed by atoms with Crippen LogP contribution in [-0.4, -0.2) is 73.5 Å². The molecule has 0 saturated heterocycles.